The number of carbonyl (C=O) groups excluding carboxylic acids is 1. The van der Waals surface area contributed by atoms with Crippen LogP contribution in [0, 0.1) is 6.92 Å². The van der Waals surface area contributed by atoms with E-state index in [-0.39, 0.29) is 5.91 Å². The predicted molar refractivity (Wildman–Crippen MR) is 121 cm³/mol. The van der Waals surface area contributed by atoms with E-state index >= 15 is 0 Å². The van der Waals surface area contributed by atoms with Gasteiger partial charge >= 0.3 is 0 Å². The Hall–Kier alpha value is -3.51. The molecular weight excluding hydrogens is 388 g/mol. The topological polar surface area (TPSA) is 60.2 Å². The fourth-order valence-corrected chi connectivity index (χ4v) is 4.12. The first-order valence-electron chi connectivity index (χ1n) is 10.5. The molecule has 0 radical (unpaired) electrons. The zero-order valence-electron chi connectivity index (χ0n) is 17.7. The maximum absolute atomic E-state index is 13.0. The smallest absolute Gasteiger partial charge is 0.254 e. The van der Waals surface area contributed by atoms with Crippen LogP contribution in [0.5, 0.6) is 0 Å². The molecule has 5 rings (SSSR count). The van der Waals surface area contributed by atoms with Crippen molar-refractivity contribution in [3.05, 3.63) is 72.2 Å². The van der Waals surface area contributed by atoms with Crippen LogP contribution in [0.15, 0.2) is 60.9 Å². The molecule has 31 heavy (non-hydrogen) atoms. The van der Waals surface area contributed by atoms with E-state index in [1.165, 1.54) is 0 Å². The maximum Gasteiger partial charge on any atom is 0.254 e. The minimum absolute atomic E-state index is 0.0424. The third kappa shape index (κ3) is 3.82. The van der Waals surface area contributed by atoms with Crippen molar-refractivity contribution < 1.29 is 9.53 Å². The highest BCUT2D eigenvalue weighted by atomic mass is 16.5. The Balaban J connectivity index is 1.60. The lowest BCUT2D eigenvalue weighted by molar-refractivity contribution is 0.0303. The lowest BCUT2D eigenvalue weighted by Crippen LogP contribution is -2.40. The van der Waals surface area contributed by atoms with Gasteiger partial charge in [-0.25, -0.2) is 0 Å². The van der Waals surface area contributed by atoms with Crippen molar-refractivity contribution in [1.82, 2.24) is 19.7 Å². The molecule has 0 atom stereocenters. The Morgan fingerprint density at radius 3 is 2.58 bits per heavy atom. The zero-order chi connectivity index (χ0) is 21.4. The minimum atomic E-state index is 0.0424. The number of carbonyl (C=O) groups is 1. The molecule has 1 aliphatic heterocycles. The molecule has 2 aromatic heterocycles. The number of hydrogen-bond donors (Lipinski definition) is 0. The van der Waals surface area contributed by atoms with Crippen LogP contribution >= 0.6 is 0 Å². The van der Waals surface area contributed by atoms with E-state index in [0.717, 1.165) is 38.9 Å². The van der Waals surface area contributed by atoms with Crippen LogP contribution in [0.4, 0.5) is 0 Å². The van der Waals surface area contributed by atoms with E-state index in [4.69, 9.17) is 9.72 Å². The molecule has 3 heterocycles. The third-order valence-electron chi connectivity index (χ3n) is 5.69. The second-order valence-corrected chi connectivity index (χ2v) is 7.93. The van der Waals surface area contributed by atoms with Gasteiger partial charge in [-0.3, -0.25) is 14.5 Å². The summed E-state index contributed by atoms with van der Waals surface area (Å²) in [5.74, 6) is 0.0424. The van der Waals surface area contributed by atoms with Crippen LogP contribution < -0.4 is 0 Å². The number of fused-ring (bicyclic) bond motifs is 1. The van der Waals surface area contributed by atoms with Crippen LogP contribution in [-0.4, -0.2) is 51.9 Å². The highest BCUT2D eigenvalue weighted by Gasteiger charge is 2.19. The lowest BCUT2D eigenvalue weighted by Gasteiger charge is -2.27. The third-order valence-corrected chi connectivity index (χ3v) is 5.69. The summed E-state index contributed by atoms with van der Waals surface area (Å²) in [6.07, 6.45) is 3.88. The summed E-state index contributed by atoms with van der Waals surface area (Å²) in [5.41, 5.74) is 6.86. The Labute approximate surface area is 181 Å². The molecule has 1 saturated heterocycles. The molecule has 1 aliphatic rings. The van der Waals surface area contributed by atoms with Crippen LogP contribution in [0.2, 0.25) is 0 Å². The summed E-state index contributed by atoms with van der Waals surface area (Å²) in [6, 6.07) is 16.3. The number of nitrogens with zero attached hydrogens (tertiary/aromatic N) is 4. The molecule has 0 spiro atoms. The molecular formula is C25H24N4O2. The molecule has 0 N–H and O–H groups in total. The summed E-state index contributed by atoms with van der Waals surface area (Å²) < 4.78 is 7.19. The van der Waals surface area contributed by atoms with Crippen molar-refractivity contribution in [2.45, 2.75) is 6.92 Å². The van der Waals surface area contributed by atoms with Gasteiger partial charge in [-0.15, -0.1) is 0 Å². The molecule has 1 amide bonds. The first kappa shape index (κ1) is 19.5. The monoisotopic (exact) mass is 412 g/mol. The number of aryl methyl sites for hydroxylation is 2. The SMILES string of the molecule is Cc1cc(-c2cccc(-c3cnn(C)c3)c2)c2cc(C(=O)N3CCOCC3)ccc2n1. The molecule has 6 nitrogen and oxygen atoms in total. The molecule has 4 aromatic rings. The summed E-state index contributed by atoms with van der Waals surface area (Å²) in [7, 11) is 1.92. The van der Waals surface area contributed by atoms with Gasteiger partial charge in [-0.2, -0.15) is 5.10 Å². The molecule has 156 valence electrons. The van der Waals surface area contributed by atoms with Crippen molar-refractivity contribution in [1.29, 1.82) is 0 Å². The predicted octanol–water partition coefficient (Wildman–Crippen LogP) is 4.08. The molecule has 0 saturated carbocycles. The van der Waals surface area contributed by atoms with Gasteiger partial charge in [-0.1, -0.05) is 18.2 Å². The molecule has 0 unspecified atom stereocenters. The number of pyridine rings is 1. The second-order valence-electron chi connectivity index (χ2n) is 7.93. The van der Waals surface area contributed by atoms with Crippen molar-refractivity contribution in [2.75, 3.05) is 26.3 Å². The van der Waals surface area contributed by atoms with Gasteiger partial charge in [0.15, 0.2) is 0 Å². The van der Waals surface area contributed by atoms with Crippen LogP contribution in [0.3, 0.4) is 0 Å². The number of ether oxygens (including phenoxy) is 1. The van der Waals surface area contributed by atoms with Gasteiger partial charge in [0.1, 0.15) is 0 Å². The lowest BCUT2D eigenvalue weighted by atomic mass is 9.96. The molecule has 0 aliphatic carbocycles. The van der Waals surface area contributed by atoms with Gasteiger partial charge < -0.3 is 9.64 Å². The molecule has 1 fully saturated rings. The number of hydrogen-bond acceptors (Lipinski definition) is 4. The van der Waals surface area contributed by atoms with Crippen molar-refractivity contribution >= 4 is 16.8 Å². The van der Waals surface area contributed by atoms with Crippen molar-refractivity contribution in [2.24, 2.45) is 7.05 Å². The second kappa shape index (κ2) is 7.96. The largest absolute Gasteiger partial charge is 0.378 e. The number of morpholine rings is 1. The molecule has 2 aromatic carbocycles. The number of benzene rings is 2. The van der Waals surface area contributed by atoms with E-state index in [0.29, 0.717) is 31.9 Å². The Bertz CT molecular complexity index is 1270. The molecule has 0 bridgehead atoms. The average molecular weight is 412 g/mol. The number of aromatic nitrogens is 3. The van der Waals surface area contributed by atoms with E-state index in [2.05, 4.69) is 35.4 Å². The van der Waals surface area contributed by atoms with Gasteiger partial charge in [0.2, 0.25) is 0 Å². The average Bonchev–Trinajstić information content (AvgIpc) is 3.25. The van der Waals surface area contributed by atoms with E-state index in [1.54, 1.807) is 4.68 Å². The van der Waals surface area contributed by atoms with Crippen molar-refractivity contribution in [3.8, 4) is 22.3 Å². The number of amides is 1. The normalized spacial score (nSPS) is 14.2. The van der Waals surface area contributed by atoms with Crippen molar-refractivity contribution in [3.63, 3.8) is 0 Å². The summed E-state index contributed by atoms with van der Waals surface area (Å²) in [6.45, 7) is 4.44. The van der Waals surface area contributed by atoms with Gasteiger partial charge in [0, 0.05) is 48.5 Å². The van der Waals surface area contributed by atoms with Crippen LogP contribution in [0.25, 0.3) is 33.2 Å². The Kier molecular flexibility index (Phi) is 5.00. The van der Waals surface area contributed by atoms with E-state index in [9.17, 15) is 4.79 Å². The molecule has 6 heteroatoms. The van der Waals surface area contributed by atoms with Crippen LogP contribution in [0.1, 0.15) is 16.1 Å². The van der Waals surface area contributed by atoms with E-state index < -0.39 is 0 Å². The minimum Gasteiger partial charge on any atom is -0.378 e. The number of rotatable bonds is 3. The fourth-order valence-electron chi connectivity index (χ4n) is 4.12. The van der Waals surface area contributed by atoms with Crippen LogP contribution in [-0.2, 0) is 11.8 Å². The zero-order valence-corrected chi connectivity index (χ0v) is 17.7. The first-order chi connectivity index (χ1) is 15.1. The fraction of sp³-hybridized carbons (Fsp3) is 0.240. The van der Waals surface area contributed by atoms with E-state index in [1.807, 2.05) is 49.5 Å². The standard InChI is InChI=1S/C25H24N4O2/c1-17-12-22(19-5-3-4-18(13-19)21-15-26-28(2)16-21)23-14-20(6-7-24(23)27-17)25(30)29-8-10-31-11-9-29/h3-7,12-16H,8-11H2,1-2H3. The highest BCUT2D eigenvalue weighted by Crippen LogP contribution is 2.32. The van der Waals surface area contributed by atoms with Gasteiger partial charge in [0.25, 0.3) is 5.91 Å². The Morgan fingerprint density at radius 1 is 1.00 bits per heavy atom. The first-order valence-corrected chi connectivity index (χ1v) is 10.5. The summed E-state index contributed by atoms with van der Waals surface area (Å²) in [5, 5.41) is 5.27. The maximum atomic E-state index is 13.0. The highest BCUT2D eigenvalue weighted by molar-refractivity contribution is 6.02. The Morgan fingerprint density at radius 2 is 1.81 bits per heavy atom. The van der Waals surface area contributed by atoms with Gasteiger partial charge in [-0.05, 0) is 53.9 Å². The van der Waals surface area contributed by atoms with Gasteiger partial charge in [0.05, 0.1) is 24.9 Å². The summed E-state index contributed by atoms with van der Waals surface area (Å²) >= 11 is 0. The summed E-state index contributed by atoms with van der Waals surface area (Å²) in [4.78, 5) is 19.6. The quantitative estimate of drug-likeness (QED) is 0.509.